The molecule has 1 saturated heterocycles. The quantitative estimate of drug-likeness (QED) is 0.677. The Labute approximate surface area is 130 Å². The number of aromatic nitrogens is 2. The first-order valence-corrected chi connectivity index (χ1v) is 7.08. The molecule has 0 aliphatic carbocycles. The molecular weight excluding hydrogens is 312 g/mol. The van der Waals surface area contributed by atoms with E-state index < -0.39 is 17.8 Å². The molecule has 4 nitrogen and oxygen atoms in total. The van der Waals surface area contributed by atoms with E-state index in [0.717, 1.165) is 30.5 Å². The number of nitrogen functional groups attached to an aromatic ring is 1. The molecule has 122 valence electrons. The Hall–Kier alpha value is -2.38. The maximum atomic E-state index is 13.3. The van der Waals surface area contributed by atoms with Crippen LogP contribution in [-0.2, 0) is 6.18 Å². The van der Waals surface area contributed by atoms with Crippen molar-refractivity contribution < 1.29 is 17.6 Å². The van der Waals surface area contributed by atoms with Crippen LogP contribution in [0.5, 0.6) is 0 Å². The molecule has 0 radical (unpaired) electrons. The number of rotatable bonds is 2. The molecule has 1 fully saturated rings. The van der Waals surface area contributed by atoms with Crippen LogP contribution >= 0.6 is 0 Å². The maximum absolute atomic E-state index is 13.3. The van der Waals surface area contributed by atoms with E-state index in [1.807, 2.05) is 4.90 Å². The van der Waals surface area contributed by atoms with Crippen LogP contribution in [0.25, 0.3) is 0 Å². The minimum atomic E-state index is -4.36. The van der Waals surface area contributed by atoms with Crippen LogP contribution in [0.2, 0.25) is 0 Å². The first-order valence-electron chi connectivity index (χ1n) is 7.08. The first-order chi connectivity index (χ1) is 10.8. The van der Waals surface area contributed by atoms with Gasteiger partial charge in [-0.1, -0.05) is 12.1 Å². The SMILES string of the molecule is Nc1cc(N2CCCC2c2ccc(C(F)(F)F)cc2)nc(F)n1. The van der Waals surface area contributed by atoms with Gasteiger partial charge in [0.15, 0.2) is 0 Å². The third-order valence-electron chi connectivity index (χ3n) is 3.88. The molecule has 3 rings (SSSR count). The van der Waals surface area contributed by atoms with Crippen molar-refractivity contribution in [1.29, 1.82) is 0 Å². The van der Waals surface area contributed by atoms with Crippen LogP contribution in [0, 0.1) is 6.08 Å². The van der Waals surface area contributed by atoms with Gasteiger partial charge < -0.3 is 10.6 Å². The topological polar surface area (TPSA) is 55.0 Å². The average Bonchev–Trinajstić information content (AvgIpc) is 2.95. The smallest absolute Gasteiger partial charge is 0.383 e. The van der Waals surface area contributed by atoms with Crippen LogP contribution in [0.4, 0.5) is 29.2 Å². The highest BCUT2D eigenvalue weighted by atomic mass is 19.4. The molecule has 1 aromatic heterocycles. The Balaban J connectivity index is 1.89. The Kier molecular flexibility index (Phi) is 3.83. The van der Waals surface area contributed by atoms with E-state index in [2.05, 4.69) is 9.97 Å². The zero-order valence-electron chi connectivity index (χ0n) is 12.0. The molecule has 1 aliphatic rings. The molecule has 0 bridgehead atoms. The Morgan fingerprint density at radius 3 is 2.43 bits per heavy atom. The summed E-state index contributed by atoms with van der Waals surface area (Å²) in [6.07, 6.45) is -3.70. The fourth-order valence-corrected chi connectivity index (χ4v) is 2.85. The van der Waals surface area contributed by atoms with E-state index in [-0.39, 0.29) is 11.9 Å². The Bertz CT molecular complexity index is 679. The van der Waals surface area contributed by atoms with Gasteiger partial charge in [-0.2, -0.15) is 27.5 Å². The summed E-state index contributed by atoms with van der Waals surface area (Å²) in [7, 11) is 0. The first kappa shape index (κ1) is 15.5. The number of anilines is 2. The van der Waals surface area contributed by atoms with Crippen LogP contribution in [0.1, 0.15) is 30.0 Å². The van der Waals surface area contributed by atoms with Crippen molar-refractivity contribution >= 4 is 11.6 Å². The molecule has 0 amide bonds. The van der Waals surface area contributed by atoms with Crippen molar-refractivity contribution in [3.63, 3.8) is 0 Å². The van der Waals surface area contributed by atoms with Gasteiger partial charge in [-0.25, -0.2) is 0 Å². The lowest BCUT2D eigenvalue weighted by Crippen LogP contribution is -2.24. The molecule has 1 atom stereocenters. The van der Waals surface area contributed by atoms with Crippen molar-refractivity contribution in [3.8, 4) is 0 Å². The predicted octanol–water partition coefficient (Wildman–Crippen LogP) is 3.56. The van der Waals surface area contributed by atoms with Gasteiger partial charge in [0.1, 0.15) is 11.6 Å². The molecule has 8 heteroatoms. The molecule has 1 aromatic carbocycles. The zero-order chi connectivity index (χ0) is 16.6. The molecule has 23 heavy (non-hydrogen) atoms. The lowest BCUT2D eigenvalue weighted by Gasteiger charge is -2.26. The highest BCUT2D eigenvalue weighted by molar-refractivity contribution is 5.49. The number of halogens is 4. The summed E-state index contributed by atoms with van der Waals surface area (Å²) >= 11 is 0. The number of hydrogen-bond donors (Lipinski definition) is 1. The van der Waals surface area contributed by atoms with Crippen molar-refractivity contribution in [2.45, 2.75) is 25.1 Å². The van der Waals surface area contributed by atoms with E-state index in [1.54, 1.807) is 0 Å². The van der Waals surface area contributed by atoms with Gasteiger partial charge in [-0.15, -0.1) is 0 Å². The standard InChI is InChI=1S/C15H14F4N4/c16-14-21-12(20)8-13(22-14)23-7-1-2-11(23)9-3-5-10(6-4-9)15(17,18)19/h3-6,8,11H,1-2,7H2,(H2,20,21,22). The van der Waals surface area contributed by atoms with Gasteiger partial charge >= 0.3 is 12.3 Å². The van der Waals surface area contributed by atoms with E-state index in [4.69, 9.17) is 5.73 Å². The second-order valence-corrected chi connectivity index (χ2v) is 5.39. The summed E-state index contributed by atoms with van der Waals surface area (Å²) in [5.74, 6) is 0.364. The second-order valence-electron chi connectivity index (χ2n) is 5.39. The zero-order valence-corrected chi connectivity index (χ0v) is 12.0. The van der Waals surface area contributed by atoms with Crippen LogP contribution in [0.15, 0.2) is 30.3 Å². The van der Waals surface area contributed by atoms with Gasteiger partial charge in [0.25, 0.3) is 0 Å². The monoisotopic (exact) mass is 326 g/mol. The van der Waals surface area contributed by atoms with Crippen LogP contribution in [-0.4, -0.2) is 16.5 Å². The minimum Gasteiger partial charge on any atom is -0.383 e. The predicted molar refractivity (Wildman–Crippen MR) is 77.2 cm³/mol. The molecule has 2 N–H and O–H groups in total. The molecule has 0 saturated carbocycles. The lowest BCUT2D eigenvalue weighted by atomic mass is 10.0. The van der Waals surface area contributed by atoms with Gasteiger partial charge in [0, 0.05) is 12.6 Å². The van der Waals surface area contributed by atoms with Gasteiger partial charge in [-0.05, 0) is 30.5 Å². The Morgan fingerprint density at radius 1 is 1.13 bits per heavy atom. The highest BCUT2D eigenvalue weighted by Gasteiger charge is 2.32. The van der Waals surface area contributed by atoms with Crippen molar-refractivity contribution in [2.24, 2.45) is 0 Å². The van der Waals surface area contributed by atoms with Crippen molar-refractivity contribution in [2.75, 3.05) is 17.2 Å². The average molecular weight is 326 g/mol. The summed E-state index contributed by atoms with van der Waals surface area (Å²) in [5.41, 5.74) is 5.57. The van der Waals surface area contributed by atoms with Gasteiger partial charge in [-0.3, -0.25) is 0 Å². The fourth-order valence-electron chi connectivity index (χ4n) is 2.85. The second kappa shape index (κ2) is 5.68. The number of nitrogens with two attached hydrogens (primary N) is 1. The maximum Gasteiger partial charge on any atom is 0.416 e. The fraction of sp³-hybridized carbons (Fsp3) is 0.333. The molecule has 1 unspecified atom stereocenters. The third-order valence-corrected chi connectivity index (χ3v) is 3.88. The molecule has 1 aliphatic heterocycles. The molecule has 0 spiro atoms. The number of nitrogens with zero attached hydrogens (tertiary/aromatic N) is 3. The van der Waals surface area contributed by atoms with Gasteiger partial charge in [0.2, 0.25) is 0 Å². The molecule has 2 aromatic rings. The van der Waals surface area contributed by atoms with Crippen molar-refractivity contribution in [1.82, 2.24) is 9.97 Å². The highest BCUT2D eigenvalue weighted by Crippen LogP contribution is 2.37. The third kappa shape index (κ3) is 3.20. The summed E-state index contributed by atoms with van der Waals surface area (Å²) < 4.78 is 51.3. The minimum absolute atomic E-state index is 0.0190. The number of benzene rings is 1. The lowest BCUT2D eigenvalue weighted by molar-refractivity contribution is -0.137. The van der Waals surface area contributed by atoms with E-state index >= 15 is 0 Å². The summed E-state index contributed by atoms with van der Waals surface area (Å²) in [5, 5.41) is 0. The normalized spacial score (nSPS) is 18.4. The summed E-state index contributed by atoms with van der Waals surface area (Å²) in [6, 6.07) is 6.32. The van der Waals surface area contributed by atoms with Crippen LogP contribution in [0.3, 0.4) is 0 Å². The van der Waals surface area contributed by atoms with Crippen LogP contribution < -0.4 is 10.6 Å². The Morgan fingerprint density at radius 2 is 1.83 bits per heavy atom. The van der Waals surface area contributed by atoms with Crippen molar-refractivity contribution in [3.05, 3.63) is 47.5 Å². The molecular formula is C15H14F4N4. The summed E-state index contributed by atoms with van der Waals surface area (Å²) in [4.78, 5) is 8.96. The van der Waals surface area contributed by atoms with Gasteiger partial charge in [0.05, 0.1) is 11.6 Å². The van der Waals surface area contributed by atoms with E-state index in [0.29, 0.717) is 12.4 Å². The molecule has 2 heterocycles. The summed E-state index contributed by atoms with van der Waals surface area (Å²) in [6.45, 7) is 0.627. The largest absolute Gasteiger partial charge is 0.416 e. The van der Waals surface area contributed by atoms with E-state index in [9.17, 15) is 17.6 Å². The number of hydrogen-bond acceptors (Lipinski definition) is 4. The van der Waals surface area contributed by atoms with E-state index in [1.165, 1.54) is 18.2 Å². The number of alkyl halides is 3.